The third-order valence-corrected chi connectivity index (χ3v) is 4.80. The zero-order valence-electron chi connectivity index (χ0n) is 15.6. The van der Waals surface area contributed by atoms with Gasteiger partial charge in [0.1, 0.15) is 12.2 Å². The van der Waals surface area contributed by atoms with Gasteiger partial charge >= 0.3 is 17.3 Å². The van der Waals surface area contributed by atoms with Crippen molar-refractivity contribution < 1.29 is 17.5 Å². The summed E-state index contributed by atoms with van der Waals surface area (Å²) in [6.07, 6.45) is -4.41. The number of alkyl halides is 3. The van der Waals surface area contributed by atoms with Gasteiger partial charge < -0.3 is 9.97 Å². The van der Waals surface area contributed by atoms with E-state index in [0.29, 0.717) is 22.4 Å². The van der Waals surface area contributed by atoms with Crippen LogP contribution in [0.15, 0.2) is 39.9 Å². The molecule has 0 saturated heterocycles. The molecule has 1 aromatic heterocycles. The van der Waals surface area contributed by atoms with Crippen LogP contribution in [-0.4, -0.2) is 17.0 Å². The molecule has 0 unspecified atom stereocenters. The first-order valence-electron chi connectivity index (χ1n) is 8.34. The summed E-state index contributed by atoms with van der Waals surface area (Å²) in [5, 5.41) is 0. The molecule has 0 radical (unpaired) electrons. The Morgan fingerprint density at radius 2 is 1.62 bits per heavy atom. The van der Waals surface area contributed by atoms with Crippen molar-refractivity contribution in [3.8, 4) is 0 Å². The summed E-state index contributed by atoms with van der Waals surface area (Å²) < 4.78 is 45.4. The van der Waals surface area contributed by atoms with Gasteiger partial charge in [0.25, 0.3) is 0 Å². The van der Waals surface area contributed by atoms with E-state index in [0.717, 1.165) is 23.9 Å². The van der Waals surface area contributed by atoms with Crippen LogP contribution < -0.4 is 20.9 Å². The molecule has 0 fully saturated rings. The molecule has 3 N–H and O–H groups in total. The minimum absolute atomic E-state index is 0.0766. The summed E-state index contributed by atoms with van der Waals surface area (Å²) in [5.41, 5.74) is 3.31. The van der Waals surface area contributed by atoms with Gasteiger partial charge in [-0.25, -0.2) is 0 Å². The van der Waals surface area contributed by atoms with Crippen LogP contribution >= 0.6 is 12.2 Å². The molecule has 3 rings (SSSR count). The third kappa shape index (κ3) is 4.57. The van der Waals surface area contributed by atoms with Gasteiger partial charge in [-0.3, -0.25) is 19.4 Å². The van der Waals surface area contributed by atoms with E-state index in [9.17, 15) is 22.8 Å². The number of fused-ring (bicyclic) bond motifs is 1. The lowest BCUT2D eigenvalue weighted by Gasteiger charge is -2.20. The molecule has 3 aromatic rings. The smallest absolute Gasteiger partial charge is 0.316 e. The van der Waals surface area contributed by atoms with E-state index in [4.69, 9.17) is 4.28 Å². The molecular formula is C18H17F3N4O3S. The number of aromatic nitrogens is 2. The van der Waals surface area contributed by atoms with Crippen molar-refractivity contribution in [2.24, 2.45) is 0 Å². The number of anilines is 2. The molecule has 154 valence electrons. The van der Waals surface area contributed by atoms with Gasteiger partial charge in [-0.1, -0.05) is 0 Å². The fourth-order valence-corrected chi connectivity index (χ4v) is 3.33. The summed E-state index contributed by atoms with van der Waals surface area (Å²) in [7, 11) is 1.71. The maximum absolute atomic E-state index is 12.8. The van der Waals surface area contributed by atoms with Gasteiger partial charge in [0.2, 0.25) is 0 Å². The van der Waals surface area contributed by atoms with Gasteiger partial charge in [-0.15, -0.1) is 0 Å². The lowest BCUT2D eigenvalue weighted by molar-refractivity contribution is -0.138. The standard InChI is InChI=1S/C18H17F3N4O3S/c1-9-6-11(4-5-12(9)18(19,20)21)24-28-29-25(3)15-8-14-13(7-10(15)2)22-16(26)17(27)23-14/h4-8,24H,1-3H3,(H,22,26)(H,23,27). The number of nitrogens with zero attached hydrogens (tertiary/aromatic N) is 1. The van der Waals surface area contributed by atoms with Gasteiger partial charge in [0.05, 0.1) is 28.0 Å². The minimum Gasteiger partial charge on any atom is -0.316 e. The van der Waals surface area contributed by atoms with Crippen LogP contribution in [0.5, 0.6) is 0 Å². The molecule has 0 aliphatic heterocycles. The second-order valence-corrected chi connectivity index (χ2v) is 7.24. The number of hydrogen-bond acceptors (Lipinski definition) is 6. The first-order chi connectivity index (χ1) is 13.6. The molecule has 0 aliphatic carbocycles. The average Bonchev–Trinajstić information content (AvgIpc) is 2.61. The zero-order valence-corrected chi connectivity index (χ0v) is 16.4. The molecule has 0 aliphatic rings. The second-order valence-electron chi connectivity index (χ2n) is 6.38. The summed E-state index contributed by atoms with van der Waals surface area (Å²) in [4.78, 5) is 28.0. The maximum Gasteiger partial charge on any atom is 0.416 e. The largest absolute Gasteiger partial charge is 0.416 e. The first kappa shape index (κ1) is 20.8. The Kier molecular flexibility index (Phi) is 5.62. The average molecular weight is 426 g/mol. The van der Waals surface area contributed by atoms with Crippen molar-refractivity contribution >= 4 is 34.6 Å². The summed E-state index contributed by atoms with van der Waals surface area (Å²) >= 11 is 0.906. The molecular weight excluding hydrogens is 409 g/mol. The number of rotatable bonds is 5. The van der Waals surface area contributed by atoms with E-state index in [-0.39, 0.29) is 5.56 Å². The highest BCUT2D eigenvalue weighted by Gasteiger charge is 2.32. The maximum atomic E-state index is 12.8. The topological polar surface area (TPSA) is 90.2 Å². The minimum atomic E-state index is -4.41. The number of aromatic amines is 2. The Balaban J connectivity index is 1.71. The van der Waals surface area contributed by atoms with Gasteiger partial charge in [-0.2, -0.15) is 17.5 Å². The SMILES string of the molecule is Cc1cc2[nH]c(=O)c(=O)[nH]c2cc1N(C)SONc1ccc(C(F)(F)F)c(C)c1. The Hall–Kier alpha value is -2.92. The van der Waals surface area contributed by atoms with Crippen LogP contribution in [0.25, 0.3) is 11.0 Å². The molecule has 0 saturated carbocycles. The molecule has 7 nitrogen and oxygen atoms in total. The van der Waals surface area contributed by atoms with E-state index in [1.54, 1.807) is 23.5 Å². The Morgan fingerprint density at radius 3 is 2.21 bits per heavy atom. The predicted molar refractivity (Wildman–Crippen MR) is 107 cm³/mol. The van der Waals surface area contributed by atoms with Crippen molar-refractivity contribution in [3.63, 3.8) is 0 Å². The van der Waals surface area contributed by atoms with Crippen molar-refractivity contribution in [1.82, 2.24) is 9.97 Å². The molecule has 0 amide bonds. The monoisotopic (exact) mass is 426 g/mol. The van der Waals surface area contributed by atoms with E-state index in [1.165, 1.54) is 19.1 Å². The van der Waals surface area contributed by atoms with Crippen molar-refractivity contribution in [3.05, 3.63) is 67.7 Å². The zero-order chi connectivity index (χ0) is 21.3. The Labute approximate surface area is 167 Å². The normalized spacial score (nSPS) is 11.7. The van der Waals surface area contributed by atoms with Gasteiger partial charge in [0.15, 0.2) is 0 Å². The molecule has 29 heavy (non-hydrogen) atoms. The highest BCUT2D eigenvalue weighted by atomic mass is 32.2. The Morgan fingerprint density at radius 1 is 1.00 bits per heavy atom. The highest BCUT2D eigenvalue weighted by molar-refractivity contribution is 7.96. The van der Waals surface area contributed by atoms with Crippen LogP contribution in [0.2, 0.25) is 0 Å². The number of aryl methyl sites for hydroxylation is 2. The third-order valence-electron chi connectivity index (χ3n) is 4.22. The second kappa shape index (κ2) is 7.84. The fourth-order valence-electron chi connectivity index (χ4n) is 2.81. The van der Waals surface area contributed by atoms with E-state index in [2.05, 4.69) is 15.4 Å². The van der Waals surface area contributed by atoms with E-state index in [1.807, 2.05) is 6.92 Å². The quantitative estimate of drug-likeness (QED) is 0.248. The first-order valence-corrected chi connectivity index (χ1v) is 9.04. The van der Waals surface area contributed by atoms with Crippen LogP contribution in [0.3, 0.4) is 0 Å². The highest BCUT2D eigenvalue weighted by Crippen LogP contribution is 2.33. The van der Waals surface area contributed by atoms with Crippen LogP contribution in [0.4, 0.5) is 24.5 Å². The van der Waals surface area contributed by atoms with Gasteiger partial charge in [0, 0.05) is 7.05 Å². The fraction of sp³-hybridized carbons (Fsp3) is 0.222. The lowest BCUT2D eigenvalue weighted by atomic mass is 10.1. The van der Waals surface area contributed by atoms with Gasteiger partial charge in [-0.05, 0) is 55.3 Å². The van der Waals surface area contributed by atoms with Crippen molar-refractivity contribution in [2.45, 2.75) is 20.0 Å². The Bertz CT molecular complexity index is 1170. The number of halogens is 3. The number of benzene rings is 2. The van der Waals surface area contributed by atoms with Crippen molar-refractivity contribution in [2.75, 3.05) is 16.8 Å². The molecule has 11 heteroatoms. The number of nitrogens with one attached hydrogen (secondary N) is 3. The predicted octanol–water partition coefficient (Wildman–Crippen LogP) is 3.90. The van der Waals surface area contributed by atoms with Crippen LogP contribution in [0.1, 0.15) is 16.7 Å². The molecule has 0 spiro atoms. The molecule has 1 heterocycles. The lowest BCUT2D eigenvalue weighted by Crippen LogP contribution is -2.29. The molecule has 0 bridgehead atoms. The van der Waals surface area contributed by atoms with Crippen LogP contribution in [-0.2, 0) is 10.5 Å². The number of hydrogen-bond donors (Lipinski definition) is 3. The summed E-state index contributed by atoms with van der Waals surface area (Å²) in [6, 6.07) is 7.00. The molecule has 2 aromatic carbocycles. The van der Waals surface area contributed by atoms with E-state index >= 15 is 0 Å². The summed E-state index contributed by atoms with van der Waals surface area (Å²) in [5.74, 6) is 0. The summed E-state index contributed by atoms with van der Waals surface area (Å²) in [6.45, 7) is 3.19. The van der Waals surface area contributed by atoms with E-state index < -0.39 is 22.9 Å². The molecule has 0 atom stereocenters. The van der Waals surface area contributed by atoms with Crippen molar-refractivity contribution in [1.29, 1.82) is 0 Å². The number of H-pyrrole nitrogens is 2. The van der Waals surface area contributed by atoms with Crippen LogP contribution in [0, 0.1) is 13.8 Å².